The van der Waals surface area contributed by atoms with E-state index >= 15 is 0 Å². The van der Waals surface area contributed by atoms with Crippen LogP contribution in [0.5, 0.6) is 5.75 Å². The van der Waals surface area contributed by atoms with Crippen molar-refractivity contribution in [3.8, 4) is 5.75 Å². The highest BCUT2D eigenvalue weighted by Gasteiger charge is 2.13. The SMILES string of the molecule is COc1cc(NCCS(C)(=O)=O)ccc1C(=O)Nc1ccccc1. The summed E-state index contributed by atoms with van der Waals surface area (Å²) in [5.74, 6) is 0.166. The van der Waals surface area contributed by atoms with Gasteiger partial charge in [0, 0.05) is 30.2 Å². The molecular weight excluding hydrogens is 328 g/mol. The van der Waals surface area contributed by atoms with Gasteiger partial charge in [0.25, 0.3) is 5.91 Å². The summed E-state index contributed by atoms with van der Waals surface area (Å²) in [4.78, 5) is 12.4. The summed E-state index contributed by atoms with van der Waals surface area (Å²) in [5, 5.41) is 5.80. The van der Waals surface area contributed by atoms with Gasteiger partial charge in [-0.1, -0.05) is 18.2 Å². The lowest BCUT2D eigenvalue weighted by Crippen LogP contribution is -2.15. The molecular formula is C17H20N2O4S. The largest absolute Gasteiger partial charge is 0.496 e. The first kappa shape index (κ1) is 17.8. The van der Waals surface area contributed by atoms with Crippen LogP contribution in [0.3, 0.4) is 0 Å². The number of hydrogen-bond donors (Lipinski definition) is 2. The Balaban J connectivity index is 2.09. The lowest BCUT2D eigenvalue weighted by Gasteiger charge is -2.12. The maximum atomic E-state index is 12.4. The molecule has 1 amide bonds. The molecule has 0 atom stereocenters. The van der Waals surface area contributed by atoms with Crippen LogP contribution in [0.2, 0.25) is 0 Å². The van der Waals surface area contributed by atoms with Gasteiger partial charge in [-0.25, -0.2) is 8.42 Å². The number of anilines is 2. The van der Waals surface area contributed by atoms with Crippen LogP contribution in [-0.4, -0.2) is 40.0 Å². The first-order chi connectivity index (χ1) is 11.4. The Morgan fingerprint density at radius 1 is 1.08 bits per heavy atom. The average molecular weight is 348 g/mol. The minimum atomic E-state index is -3.02. The van der Waals surface area contributed by atoms with Crippen LogP contribution in [-0.2, 0) is 9.84 Å². The Hall–Kier alpha value is -2.54. The minimum absolute atomic E-state index is 0.0333. The quantitative estimate of drug-likeness (QED) is 0.803. The molecule has 0 bridgehead atoms. The highest BCUT2D eigenvalue weighted by Crippen LogP contribution is 2.24. The first-order valence-corrected chi connectivity index (χ1v) is 9.41. The van der Waals surface area contributed by atoms with Gasteiger partial charge in [-0.2, -0.15) is 0 Å². The smallest absolute Gasteiger partial charge is 0.259 e. The summed E-state index contributed by atoms with van der Waals surface area (Å²) < 4.78 is 27.6. The third-order valence-corrected chi connectivity index (χ3v) is 4.23. The van der Waals surface area contributed by atoms with Crippen molar-refractivity contribution in [2.75, 3.05) is 36.3 Å². The van der Waals surface area contributed by atoms with Gasteiger partial charge in [0.2, 0.25) is 0 Å². The molecule has 0 unspecified atom stereocenters. The lowest BCUT2D eigenvalue weighted by molar-refractivity contribution is 0.102. The predicted molar refractivity (Wildman–Crippen MR) is 95.6 cm³/mol. The molecule has 0 aromatic heterocycles. The summed E-state index contributed by atoms with van der Waals surface area (Å²) in [6, 6.07) is 14.2. The summed E-state index contributed by atoms with van der Waals surface area (Å²) in [7, 11) is -1.54. The van der Waals surface area contributed by atoms with Crippen LogP contribution in [0, 0.1) is 0 Å². The van der Waals surface area contributed by atoms with Crippen molar-refractivity contribution in [3.63, 3.8) is 0 Å². The van der Waals surface area contributed by atoms with Gasteiger partial charge in [0.15, 0.2) is 0 Å². The number of benzene rings is 2. The topological polar surface area (TPSA) is 84.5 Å². The van der Waals surface area contributed by atoms with E-state index in [0.29, 0.717) is 22.7 Å². The molecule has 0 spiro atoms. The van der Waals surface area contributed by atoms with E-state index in [9.17, 15) is 13.2 Å². The van der Waals surface area contributed by atoms with Crippen LogP contribution in [0.4, 0.5) is 11.4 Å². The van der Waals surface area contributed by atoms with Crippen LogP contribution >= 0.6 is 0 Å². The molecule has 6 nitrogen and oxygen atoms in total. The maximum absolute atomic E-state index is 12.4. The molecule has 24 heavy (non-hydrogen) atoms. The zero-order valence-electron chi connectivity index (χ0n) is 13.6. The molecule has 2 aromatic carbocycles. The van der Waals surface area contributed by atoms with Crippen molar-refractivity contribution in [1.82, 2.24) is 0 Å². The molecule has 0 saturated heterocycles. The van der Waals surface area contributed by atoms with Crippen molar-refractivity contribution in [3.05, 3.63) is 54.1 Å². The van der Waals surface area contributed by atoms with E-state index in [2.05, 4.69) is 10.6 Å². The second kappa shape index (κ2) is 7.83. The van der Waals surface area contributed by atoms with Crippen molar-refractivity contribution in [2.24, 2.45) is 0 Å². The second-order valence-corrected chi connectivity index (χ2v) is 7.55. The lowest BCUT2D eigenvalue weighted by atomic mass is 10.1. The summed E-state index contributed by atoms with van der Waals surface area (Å²) in [6.07, 6.45) is 1.19. The zero-order chi connectivity index (χ0) is 17.6. The number of carbonyl (C=O) groups is 1. The Labute approximate surface area is 141 Å². The molecule has 7 heteroatoms. The van der Waals surface area contributed by atoms with E-state index in [1.54, 1.807) is 30.3 Å². The van der Waals surface area contributed by atoms with E-state index in [4.69, 9.17) is 4.74 Å². The van der Waals surface area contributed by atoms with Crippen LogP contribution < -0.4 is 15.4 Å². The van der Waals surface area contributed by atoms with Gasteiger partial charge >= 0.3 is 0 Å². The minimum Gasteiger partial charge on any atom is -0.496 e. The molecule has 128 valence electrons. The predicted octanol–water partition coefficient (Wildman–Crippen LogP) is 2.40. The van der Waals surface area contributed by atoms with Gasteiger partial charge in [-0.3, -0.25) is 4.79 Å². The summed E-state index contributed by atoms with van der Waals surface area (Å²) in [6.45, 7) is 0.289. The highest BCUT2D eigenvalue weighted by molar-refractivity contribution is 7.90. The number of nitrogens with one attached hydrogen (secondary N) is 2. The molecule has 0 aliphatic heterocycles. The maximum Gasteiger partial charge on any atom is 0.259 e. The van der Waals surface area contributed by atoms with Crippen LogP contribution in [0.25, 0.3) is 0 Å². The molecule has 0 aliphatic carbocycles. The zero-order valence-corrected chi connectivity index (χ0v) is 14.4. The molecule has 0 heterocycles. The van der Waals surface area contributed by atoms with Gasteiger partial charge < -0.3 is 15.4 Å². The third kappa shape index (κ3) is 5.27. The van der Waals surface area contributed by atoms with Crippen molar-refractivity contribution in [1.29, 1.82) is 0 Å². The van der Waals surface area contributed by atoms with Crippen LogP contribution in [0.15, 0.2) is 48.5 Å². The second-order valence-electron chi connectivity index (χ2n) is 5.29. The van der Waals surface area contributed by atoms with E-state index in [1.807, 2.05) is 18.2 Å². The van der Waals surface area contributed by atoms with E-state index in [1.165, 1.54) is 13.4 Å². The Bertz CT molecular complexity index is 805. The number of rotatable bonds is 7. The fourth-order valence-corrected chi connectivity index (χ4v) is 2.56. The number of sulfone groups is 1. The molecule has 0 fully saturated rings. The first-order valence-electron chi connectivity index (χ1n) is 7.35. The van der Waals surface area contributed by atoms with E-state index < -0.39 is 9.84 Å². The third-order valence-electron chi connectivity index (χ3n) is 3.28. The number of amides is 1. The van der Waals surface area contributed by atoms with Crippen molar-refractivity contribution < 1.29 is 17.9 Å². The molecule has 2 rings (SSSR count). The fraction of sp³-hybridized carbons (Fsp3) is 0.235. The molecule has 0 saturated carbocycles. The number of para-hydroxylation sites is 1. The molecule has 0 radical (unpaired) electrons. The average Bonchev–Trinajstić information content (AvgIpc) is 2.54. The number of hydrogen-bond acceptors (Lipinski definition) is 5. The Morgan fingerprint density at radius 3 is 2.42 bits per heavy atom. The van der Waals surface area contributed by atoms with E-state index in [0.717, 1.165) is 0 Å². The van der Waals surface area contributed by atoms with Crippen molar-refractivity contribution >= 4 is 27.1 Å². The normalized spacial score (nSPS) is 10.9. The Kier molecular flexibility index (Phi) is 5.81. The summed E-state index contributed by atoms with van der Waals surface area (Å²) >= 11 is 0. The highest BCUT2D eigenvalue weighted by atomic mass is 32.2. The summed E-state index contributed by atoms with van der Waals surface area (Å²) in [5.41, 5.74) is 1.78. The molecule has 0 aliphatic rings. The molecule has 2 N–H and O–H groups in total. The van der Waals surface area contributed by atoms with Gasteiger partial charge in [-0.15, -0.1) is 0 Å². The van der Waals surface area contributed by atoms with E-state index in [-0.39, 0.29) is 18.2 Å². The number of carbonyl (C=O) groups excluding carboxylic acids is 1. The van der Waals surface area contributed by atoms with Gasteiger partial charge in [0.05, 0.1) is 18.4 Å². The number of methoxy groups -OCH3 is 1. The Morgan fingerprint density at radius 2 is 1.79 bits per heavy atom. The standard InChI is InChI=1S/C17H20N2O4S/c1-23-16-12-14(18-10-11-24(2,21)22)8-9-15(16)17(20)19-13-6-4-3-5-7-13/h3-9,12,18H,10-11H2,1-2H3,(H,19,20). The number of ether oxygens (including phenoxy) is 1. The fourth-order valence-electron chi connectivity index (χ4n) is 2.09. The van der Waals surface area contributed by atoms with Crippen LogP contribution in [0.1, 0.15) is 10.4 Å². The van der Waals surface area contributed by atoms with Gasteiger partial charge in [0.1, 0.15) is 15.6 Å². The van der Waals surface area contributed by atoms with Gasteiger partial charge in [-0.05, 0) is 24.3 Å². The monoisotopic (exact) mass is 348 g/mol. The molecule has 2 aromatic rings. The van der Waals surface area contributed by atoms with Crippen molar-refractivity contribution in [2.45, 2.75) is 0 Å².